The molecule has 0 saturated carbocycles. The highest BCUT2D eigenvalue weighted by atomic mass is 16.5. The van der Waals surface area contributed by atoms with Gasteiger partial charge in [0.2, 0.25) is 0 Å². The van der Waals surface area contributed by atoms with E-state index in [-0.39, 0.29) is 5.91 Å². The van der Waals surface area contributed by atoms with Crippen molar-refractivity contribution in [3.05, 3.63) is 35.4 Å². The Morgan fingerprint density at radius 3 is 2.38 bits per heavy atom. The molecule has 0 aromatic heterocycles. The molecule has 2 aliphatic rings. The maximum atomic E-state index is 12.5. The quantitative estimate of drug-likeness (QED) is 0.832. The maximum absolute atomic E-state index is 12.5. The maximum Gasteiger partial charge on any atom is 0.254 e. The Bertz CT molecular complexity index is 480. The largest absolute Gasteiger partial charge is 0.379 e. The lowest BCUT2D eigenvalue weighted by Gasteiger charge is -2.28. The number of amides is 1. The second-order valence-corrected chi connectivity index (χ2v) is 5.49. The van der Waals surface area contributed by atoms with Gasteiger partial charge in [-0.25, -0.2) is 0 Å². The minimum atomic E-state index is 0.113. The molecule has 5 nitrogen and oxygen atoms in total. The van der Waals surface area contributed by atoms with Crippen molar-refractivity contribution in [3.63, 3.8) is 0 Å². The summed E-state index contributed by atoms with van der Waals surface area (Å²) in [6, 6.07) is 7.99. The van der Waals surface area contributed by atoms with Crippen LogP contribution in [0.25, 0.3) is 0 Å². The van der Waals surface area contributed by atoms with Gasteiger partial charge in [-0.15, -0.1) is 0 Å². The summed E-state index contributed by atoms with van der Waals surface area (Å²) >= 11 is 0. The zero-order valence-corrected chi connectivity index (χ0v) is 12.3. The van der Waals surface area contributed by atoms with E-state index in [2.05, 4.69) is 11.0 Å². The lowest BCUT2D eigenvalue weighted by Crippen LogP contribution is -2.40. The fraction of sp³-hybridized carbons (Fsp3) is 0.562. The van der Waals surface area contributed by atoms with E-state index in [4.69, 9.17) is 9.47 Å². The van der Waals surface area contributed by atoms with Crippen molar-refractivity contribution >= 4 is 5.91 Å². The van der Waals surface area contributed by atoms with Crippen molar-refractivity contribution in [1.29, 1.82) is 0 Å². The molecule has 21 heavy (non-hydrogen) atoms. The standard InChI is InChI=1S/C16H22N2O3/c19-16(18-6-10-21-11-7-18)15-3-1-2-14(12-15)13-17-4-8-20-9-5-17/h1-3,12H,4-11,13H2. The van der Waals surface area contributed by atoms with E-state index in [0.29, 0.717) is 26.3 Å². The summed E-state index contributed by atoms with van der Waals surface area (Å²) in [4.78, 5) is 16.7. The van der Waals surface area contributed by atoms with Crippen LogP contribution in [0, 0.1) is 0 Å². The van der Waals surface area contributed by atoms with Crippen LogP contribution in [0.2, 0.25) is 0 Å². The van der Waals surface area contributed by atoms with Crippen molar-refractivity contribution in [2.45, 2.75) is 6.54 Å². The van der Waals surface area contributed by atoms with E-state index >= 15 is 0 Å². The summed E-state index contributed by atoms with van der Waals surface area (Å²) in [6.45, 7) is 7.05. The molecule has 2 aliphatic heterocycles. The molecule has 0 atom stereocenters. The molecule has 0 spiro atoms. The van der Waals surface area contributed by atoms with Crippen LogP contribution in [-0.4, -0.2) is 68.3 Å². The molecule has 1 amide bonds. The van der Waals surface area contributed by atoms with Crippen LogP contribution >= 0.6 is 0 Å². The summed E-state index contributed by atoms with van der Waals surface area (Å²) in [5.74, 6) is 0.113. The highest BCUT2D eigenvalue weighted by Gasteiger charge is 2.19. The van der Waals surface area contributed by atoms with E-state index in [1.807, 2.05) is 23.1 Å². The molecular weight excluding hydrogens is 268 g/mol. The number of morpholine rings is 2. The third-order valence-corrected chi connectivity index (χ3v) is 3.98. The number of ether oxygens (including phenoxy) is 2. The summed E-state index contributed by atoms with van der Waals surface area (Å²) in [5, 5.41) is 0. The first kappa shape index (κ1) is 14.5. The summed E-state index contributed by atoms with van der Waals surface area (Å²) in [5.41, 5.74) is 1.97. The van der Waals surface area contributed by atoms with Gasteiger partial charge < -0.3 is 14.4 Å². The summed E-state index contributed by atoms with van der Waals surface area (Å²) in [6.07, 6.45) is 0. The molecule has 0 aliphatic carbocycles. The van der Waals surface area contributed by atoms with E-state index in [1.54, 1.807) is 0 Å². The monoisotopic (exact) mass is 290 g/mol. The van der Waals surface area contributed by atoms with E-state index < -0.39 is 0 Å². The number of rotatable bonds is 3. The number of carbonyl (C=O) groups is 1. The number of hydrogen-bond acceptors (Lipinski definition) is 4. The summed E-state index contributed by atoms with van der Waals surface area (Å²) in [7, 11) is 0. The molecule has 1 aromatic carbocycles. The zero-order valence-electron chi connectivity index (χ0n) is 12.3. The van der Waals surface area contributed by atoms with Gasteiger partial charge in [-0.2, -0.15) is 0 Å². The van der Waals surface area contributed by atoms with Crippen molar-refractivity contribution in [2.24, 2.45) is 0 Å². The van der Waals surface area contributed by atoms with Gasteiger partial charge in [0, 0.05) is 38.3 Å². The Hall–Kier alpha value is -1.43. The van der Waals surface area contributed by atoms with Crippen molar-refractivity contribution in [2.75, 3.05) is 52.6 Å². The fourth-order valence-corrected chi connectivity index (χ4v) is 2.77. The SMILES string of the molecule is O=C(c1cccc(CN2CCOCC2)c1)N1CCOCC1. The van der Waals surface area contributed by atoms with Crippen LogP contribution < -0.4 is 0 Å². The predicted molar refractivity (Wildman–Crippen MR) is 79.3 cm³/mol. The number of benzene rings is 1. The van der Waals surface area contributed by atoms with Gasteiger partial charge in [0.1, 0.15) is 0 Å². The first-order chi connectivity index (χ1) is 10.3. The smallest absolute Gasteiger partial charge is 0.254 e. The average molecular weight is 290 g/mol. The molecule has 0 N–H and O–H groups in total. The van der Waals surface area contributed by atoms with Crippen molar-refractivity contribution in [3.8, 4) is 0 Å². The number of carbonyl (C=O) groups excluding carboxylic acids is 1. The Labute approximate surface area is 125 Å². The predicted octanol–water partition coefficient (Wildman–Crippen LogP) is 0.991. The van der Waals surface area contributed by atoms with Gasteiger partial charge >= 0.3 is 0 Å². The summed E-state index contributed by atoms with van der Waals surface area (Å²) < 4.78 is 10.7. The number of nitrogens with zero attached hydrogens (tertiary/aromatic N) is 2. The molecule has 3 rings (SSSR count). The van der Waals surface area contributed by atoms with Crippen LogP contribution in [0.15, 0.2) is 24.3 Å². The molecule has 2 saturated heterocycles. The zero-order chi connectivity index (χ0) is 14.5. The third kappa shape index (κ3) is 3.81. The average Bonchev–Trinajstić information content (AvgIpc) is 2.56. The van der Waals surface area contributed by atoms with E-state index in [1.165, 1.54) is 5.56 Å². The second kappa shape index (κ2) is 7.02. The molecular formula is C16H22N2O3. The van der Waals surface area contributed by atoms with Crippen LogP contribution in [0.1, 0.15) is 15.9 Å². The second-order valence-electron chi connectivity index (χ2n) is 5.49. The Morgan fingerprint density at radius 2 is 1.67 bits per heavy atom. The molecule has 0 unspecified atom stereocenters. The fourth-order valence-electron chi connectivity index (χ4n) is 2.77. The van der Waals surface area contributed by atoms with Crippen molar-refractivity contribution in [1.82, 2.24) is 9.80 Å². The van der Waals surface area contributed by atoms with Crippen LogP contribution in [0.4, 0.5) is 0 Å². The molecule has 2 heterocycles. The Balaban J connectivity index is 1.65. The normalized spacial score (nSPS) is 20.5. The van der Waals surface area contributed by atoms with Crippen LogP contribution in [0.5, 0.6) is 0 Å². The van der Waals surface area contributed by atoms with E-state index in [9.17, 15) is 4.79 Å². The minimum absolute atomic E-state index is 0.113. The van der Waals surface area contributed by atoms with Gasteiger partial charge in [0.05, 0.1) is 26.4 Å². The Morgan fingerprint density at radius 1 is 1.00 bits per heavy atom. The van der Waals surface area contributed by atoms with Crippen LogP contribution in [0.3, 0.4) is 0 Å². The highest BCUT2D eigenvalue weighted by Crippen LogP contribution is 2.13. The van der Waals surface area contributed by atoms with E-state index in [0.717, 1.165) is 38.4 Å². The lowest BCUT2D eigenvalue weighted by molar-refractivity contribution is 0.0301. The molecule has 2 fully saturated rings. The van der Waals surface area contributed by atoms with Crippen LogP contribution in [-0.2, 0) is 16.0 Å². The molecule has 1 aromatic rings. The minimum Gasteiger partial charge on any atom is -0.379 e. The van der Waals surface area contributed by atoms with Gasteiger partial charge in [-0.1, -0.05) is 12.1 Å². The van der Waals surface area contributed by atoms with Gasteiger partial charge in [-0.05, 0) is 17.7 Å². The highest BCUT2D eigenvalue weighted by molar-refractivity contribution is 5.94. The first-order valence-electron chi connectivity index (χ1n) is 7.59. The van der Waals surface area contributed by atoms with Gasteiger partial charge in [0.25, 0.3) is 5.91 Å². The molecule has 0 radical (unpaired) electrons. The lowest BCUT2D eigenvalue weighted by atomic mass is 10.1. The van der Waals surface area contributed by atoms with Crippen molar-refractivity contribution < 1.29 is 14.3 Å². The molecule has 0 bridgehead atoms. The van der Waals surface area contributed by atoms with Gasteiger partial charge in [0.15, 0.2) is 0 Å². The molecule has 114 valence electrons. The first-order valence-corrected chi connectivity index (χ1v) is 7.59. The molecule has 5 heteroatoms. The van der Waals surface area contributed by atoms with Gasteiger partial charge in [-0.3, -0.25) is 9.69 Å². The third-order valence-electron chi connectivity index (χ3n) is 3.98. The number of hydrogen-bond donors (Lipinski definition) is 0. The topological polar surface area (TPSA) is 42.0 Å². The Kier molecular flexibility index (Phi) is 4.85.